The topological polar surface area (TPSA) is 93.5 Å². The lowest BCUT2D eigenvalue weighted by Gasteiger charge is -2.11. The van der Waals surface area contributed by atoms with Crippen molar-refractivity contribution < 1.29 is 14.5 Å². The highest BCUT2D eigenvalue weighted by Crippen LogP contribution is 2.21. The molecule has 0 aromatic heterocycles. The maximum absolute atomic E-state index is 11.9. The Hall–Kier alpha value is -3.00. The fourth-order valence-corrected chi connectivity index (χ4v) is 2.36. The molecule has 2 rings (SSSR count). The Morgan fingerprint density at radius 1 is 1.23 bits per heavy atom. The van der Waals surface area contributed by atoms with E-state index < -0.39 is 4.92 Å². The lowest BCUT2D eigenvalue weighted by atomic mass is 10.2. The SMILES string of the molecule is Cc1ccc([N+](=O)[O-])cc1NC(=S)NC(=O)CCCOc1ccccc1. The highest BCUT2D eigenvalue weighted by atomic mass is 32.1. The molecule has 2 N–H and O–H groups in total. The van der Waals surface area contributed by atoms with Crippen LogP contribution in [0, 0.1) is 17.0 Å². The van der Waals surface area contributed by atoms with E-state index in [1.165, 1.54) is 12.1 Å². The van der Waals surface area contributed by atoms with Gasteiger partial charge in [-0.1, -0.05) is 24.3 Å². The summed E-state index contributed by atoms with van der Waals surface area (Å²) in [5.41, 5.74) is 1.21. The van der Waals surface area contributed by atoms with Crippen molar-refractivity contribution in [3.05, 3.63) is 64.2 Å². The van der Waals surface area contributed by atoms with Crippen LogP contribution in [0.5, 0.6) is 5.75 Å². The Morgan fingerprint density at radius 2 is 1.96 bits per heavy atom. The number of thiocarbonyl (C=S) groups is 1. The zero-order valence-corrected chi connectivity index (χ0v) is 15.0. The number of amides is 1. The van der Waals surface area contributed by atoms with Gasteiger partial charge < -0.3 is 15.4 Å². The Labute approximate surface area is 156 Å². The summed E-state index contributed by atoms with van der Waals surface area (Å²) in [4.78, 5) is 22.3. The largest absolute Gasteiger partial charge is 0.494 e. The summed E-state index contributed by atoms with van der Waals surface area (Å²) in [7, 11) is 0. The van der Waals surface area contributed by atoms with Crippen molar-refractivity contribution in [2.45, 2.75) is 19.8 Å². The van der Waals surface area contributed by atoms with Crippen LogP contribution in [-0.2, 0) is 4.79 Å². The van der Waals surface area contributed by atoms with Crippen LogP contribution in [0.15, 0.2) is 48.5 Å². The minimum atomic E-state index is -0.487. The van der Waals surface area contributed by atoms with Gasteiger partial charge in [0.05, 0.1) is 11.5 Å². The molecule has 0 aliphatic heterocycles. The van der Waals surface area contributed by atoms with Crippen LogP contribution in [0.2, 0.25) is 0 Å². The average molecular weight is 373 g/mol. The summed E-state index contributed by atoms with van der Waals surface area (Å²) in [5, 5.41) is 16.3. The lowest BCUT2D eigenvalue weighted by Crippen LogP contribution is -2.34. The summed E-state index contributed by atoms with van der Waals surface area (Å²) < 4.78 is 5.52. The molecule has 8 heteroatoms. The number of nitro groups is 1. The molecule has 2 aromatic carbocycles. The van der Waals surface area contributed by atoms with Gasteiger partial charge in [-0.25, -0.2) is 0 Å². The molecule has 0 atom stereocenters. The third-order valence-electron chi connectivity index (χ3n) is 3.49. The number of carbonyl (C=O) groups is 1. The summed E-state index contributed by atoms with van der Waals surface area (Å²) in [6.45, 7) is 2.21. The van der Waals surface area contributed by atoms with Gasteiger partial charge in [0.25, 0.3) is 5.69 Å². The molecule has 0 fully saturated rings. The van der Waals surface area contributed by atoms with Gasteiger partial charge in [0.1, 0.15) is 5.75 Å². The van der Waals surface area contributed by atoms with Crippen LogP contribution in [0.4, 0.5) is 11.4 Å². The van der Waals surface area contributed by atoms with Gasteiger partial charge in [-0.15, -0.1) is 0 Å². The molecule has 0 bridgehead atoms. The molecule has 26 heavy (non-hydrogen) atoms. The predicted octanol–water partition coefficient (Wildman–Crippen LogP) is 3.58. The molecule has 0 spiro atoms. The van der Waals surface area contributed by atoms with E-state index in [9.17, 15) is 14.9 Å². The first-order valence-corrected chi connectivity index (χ1v) is 8.40. The second-order valence-corrected chi connectivity index (χ2v) is 5.93. The molecule has 7 nitrogen and oxygen atoms in total. The summed E-state index contributed by atoms with van der Waals surface area (Å²) >= 11 is 5.09. The molecule has 0 saturated carbocycles. The van der Waals surface area contributed by atoms with Gasteiger partial charge in [0.15, 0.2) is 5.11 Å². The second-order valence-electron chi connectivity index (χ2n) is 5.52. The van der Waals surface area contributed by atoms with E-state index in [1.54, 1.807) is 13.0 Å². The number of aryl methyl sites for hydroxylation is 1. The van der Waals surface area contributed by atoms with Crippen molar-refractivity contribution in [1.82, 2.24) is 5.32 Å². The molecule has 2 aromatic rings. The minimum Gasteiger partial charge on any atom is -0.494 e. The number of ether oxygens (including phenoxy) is 1. The first-order valence-electron chi connectivity index (χ1n) is 7.99. The average Bonchev–Trinajstić information content (AvgIpc) is 2.61. The quantitative estimate of drug-likeness (QED) is 0.333. The number of anilines is 1. The fourth-order valence-electron chi connectivity index (χ4n) is 2.14. The molecule has 0 radical (unpaired) electrons. The molecular weight excluding hydrogens is 354 g/mol. The molecule has 0 saturated heterocycles. The number of para-hydroxylation sites is 1. The number of nitrogens with zero attached hydrogens (tertiary/aromatic N) is 1. The highest BCUT2D eigenvalue weighted by molar-refractivity contribution is 7.80. The Kier molecular flexibility index (Phi) is 7.04. The third-order valence-corrected chi connectivity index (χ3v) is 3.70. The monoisotopic (exact) mass is 373 g/mol. The Bertz CT molecular complexity index is 796. The second kappa shape index (κ2) is 9.47. The molecule has 0 aliphatic rings. The van der Waals surface area contributed by atoms with Gasteiger partial charge in [-0.05, 0) is 43.3 Å². The number of nitrogens with one attached hydrogen (secondary N) is 2. The smallest absolute Gasteiger partial charge is 0.271 e. The number of benzene rings is 2. The van der Waals surface area contributed by atoms with Gasteiger partial charge in [0.2, 0.25) is 5.91 Å². The number of carbonyl (C=O) groups excluding carboxylic acids is 1. The van der Waals surface area contributed by atoms with Gasteiger partial charge in [0, 0.05) is 24.2 Å². The van der Waals surface area contributed by atoms with E-state index in [0.29, 0.717) is 18.7 Å². The first kappa shape index (κ1) is 19.3. The van der Waals surface area contributed by atoms with E-state index in [-0.39, 0.29) is 23.1 Å². The van der Waals surface area contributed by atoms with Gasteiger partial charge >= 0.3 is 0 Å². The van der Waals surface area contributed by atoms with E-state index in [4.69, 9.17) is 17.0 Å². The molecule has 0 aliphatic carbocycles. The summed E-state index contributed by atoms with van der Waals surface area (Å²) in [6, 6.07) is 13.8. The maximum Gasteiger partial charge on any atom is 0.271 e. The van der Waals surface area contributed by atoms with E-state index in [1.807, 2.05) is 30.3 Å². The number of hydrogen-bond donors (Lipinski definition) is 2. The van der Waals surface area contributed by atoms with Gasteiger partial charge in [-0.2, -0.15) is 0 Å². The lowest BCUT2D eigenvalue weighted by molar-refractivity contribution is -0.384. The Morgan fingerprint density at radius 3 is 2.65 bits per heavy atom. The molecule has 0 heterocycles. The third kappa shape index (κ3) is 6.14. The van der Waals surface area contributed by atoms with Crippen LogP contribution in [-0.4, -0.2) is 22.5 Å². The standard InChI is InChI=1S/C18H19N3O4S/c1-13-9-10-14(21(23)24)12-16(13)19-18(26)20-17(22)8-5-11-25-15-6-3-2-4-7-15/h2-4,6-7,9-10,12H,5,8,11H2,1H3,(H2,19,20,22,26). The van der Waals surface area contributed by atoms with E-state index >= 15 is 0 Å². The Balaban J connectivity index is 1.76. The molecule has 1 amide bonds. The van der Waals surface area contributed by atoms with Crippen LogP contribution in [0.25, 0.3) is 0 Å². The van der Waals surface area contributed by atoms with Crippen molar-refractivity contribution in [2.75, 3.05) is 11.9 Å². The number of hydrogen-bond acceptors (Lipinski definition) is 5. The summed E-state index contributed by atoms with van der Waals surface area (Å²) in [6.07, 6.45) is 0.793. The van der Waals surface area contributed by atoms with E-state index in [2.05, 4.69) is 10.6 Å². The van der Waals surface area contributed by atoms with Crippen molar-refractivity contribution in [3.8, 4) is 5.75 Å². The minimum absolute atomic E-state index is 0.0507. The van der Waals surface area contributed by atoms with E-state index in [0.717, 1.165) is 11.3 Å². The first-order chi connectivity index (χ1) is 12.5. The fraction of sp³-hybridized carbons (Fsp3) is 0.222. The van der Waals surface area contributed by atoms with Crippen LogP contribution in [0.1, 0.15) is 18.4 Å². The summed E-state index contributed by atoms with van der Waals surface area (Å²) in [5.74, 6) is 0.508. The molecular formula is C18H19N3O4S. The maximum atomic E-state index is 11.9. The zero-order chi connectivity index (χ0) is 18.9. The molecule has 0 unspecified atom stereocenters. The van der Waals surface area contributed by atoms with Crippen LogP contribution < -0.4 is 15.4 Å². The van der Waals surface area contributed by atoms with Crippen molar-refractivity contribution in [2.24, 2.45) is 0 Å². The number of rotatable bonds is 7. The van der Waals surface area contributed by atoms with Crippen molar-refractivity contribution >= 4 is 34.6 Å². The van der Waals surface area contributed by atoms with Gasteiger partial charge in [-0.3, -0.25) is 14.9 Å². The zero-order valence-electron chi connectivity index (χ0n) is 14.2. The normalized spacial score (nSPS) is 10.0. The van der Waals surface area contributed by atoms with Crippen molar-refractivity contribution in [3.63, 3.8) is 0 Å². The number of nitro benzene ring substituents is 1. The van der Waals surface area contributed by atoms with Crippen molar-refractivity contribution in [1.29, 1.82) is 0 Å². The predicted molar refractivity (Wildman–Crippen MR) is 103 cm³/mol. The van der Waals surface area contributed by atoms with Crippen LogP contribution in [0.3, 0.4) is 0 Å². The van der Waals surface area contributed by atoms with Crippen LogP contribution >= 0.6 is 12.2 Å². The highest BCUT2D eigenvalue weighted by Gasteiger charge is 2.11. The molecule has 136 valence electrons. The number of non-ortho nitro benzene ring substituents is 1.